The topological polar surface area (TPSA) is 52.7 Å². The fourth-order valence-corrected chi connectivity index (χ4v) is 3.72. The van der Waals surface area contributed by atoms with E-state index in [1.54, 1.807) is 29.2 Å². The highest BCUT2D eigenvalue weighted by molar-refractivity contribution is 6.01. The molecule has 5 nitrogen and oxygen atoms in total. The molecule has 0 aromatic heterocycles. The van der Waals surface area contributed by atoms with Gasteiger partial charge in [-0.1, -0.05) is 30.3 Å². The van der Waals surface area contributed by atoms with Gasteiger partial charge in [0.2, 0.25) is 5.91 Å². The van der Waals surface area contributed by atoms with Crippen molar-refractivity contribution < 1.29 is 22.8 Å². The van der Waals surface area contributed by atoms with Crippen LogP contribution in [0.4, 0.5) is 13.2 Å². The van der Waals surface area contributed by atoms with Crippen LogP contribution in [-0.2, 0) is 11.0 Å². The number of rotatable bonds is 5. The SMILES string of the molecule is CCNC(=O)CN1CCCN(C(=O)c2ccccc2-c2ccc(C(F)(F)F)cc2)CC1. The lowest BCUT2D eigenvalue weighted by molar-refractivity contribution is -0.137. The van der Waals surface area contributed by atoms with Crippen LogP contribution in [0, 0.1) is 0 Å². The van der Waals surface area contributed by atoms with Gasteiger partial charge in [0.05, 0.1) is 12.1 Å². The highest BCUT2D eigenvalue weighted by Crippen LogP contribution is 2.32. The second-order valence-corrected chi connectivity index (χ2v) is 7.50. The van der Waals surface area contributed by atoms with Crippen molar-refractivity contribution in [2.75, 3.05) is 39.3 Å². The van der Waals surface area contributed by atoms with Gasteiger partial charge in [0.25, 0.3) is 5.91 Å². The molecule has 0 unspecified atom stereocenters. The van der Waals surface area contributed by atoms with E-state index in [-0.39, 0.29) is 11.8 Å². The molecule has 0 saturated carbocycles. The summed E-state index contributed by atoms with van der Waals surface area (Å²) in [4.78, 5) is 28.9. The van der Waals surface area contributed by atoms with Gasteiger partial charge in [0, 0.05) is 38.3 Å². The van der Waals surface area contributed by atoms with Crippen LogP contribution in [0.1, 0.15) is 29.3 Å². The fourth-order valence-electron chi connectivity index (χ4n) is 3.72. The molecule has 31 heavy (non-hydrogen) atoms. The van der Waals surface area contributed by atoms with Gasteiger partial charge in [-0.25, -0.2) is 0 Å². The summed E-state index contributed by atoms with van der Waals surface area (Å²) in [6.07, 6.45) is -3.66. The number of hydrogen-bond donors (Lipinski definition) is 1. The molecule has 0 aliphatic carbocycles. The van der Waals surface area contributed by atoms with Crippen LogP contribution < -0.4 is 5.32 Å². The zero-order valence-electron chi connectivity index (χ0n) is 17.4. The normalized spacial score (nSPS) is 15.4. The van der Waals surface area contributed by atoms with Crippen molar-refractivity contribution in [3.63, 3.8) is 0 Å². The van der Waals surface area contributed by atoms with E-state index in [4.69, 9.17) is 0 Å². The van der Waals surface area contributed by atoms with Crippen LogP contribution >= 0.6 is 0 Å². The molecule has 2 aromatic carbocycles. The molecule has 166 valence electrons. The third-order valence-electron chi connectivity index (χ3n) is 5.30. The molecule has 1 N–H and O–H groups in total. The summed E-state index contributed by atoms with van der Waals surface area (Å²) < 4.78 is 38.6. The maximum atomic E-state index is 13.3. The number of benzene rings is 2. The van der Waals surface area contributed by atoms with E-state index in [1.807, 2.05) is 11.8 Å². The standard InChI is InChI=1S/C23H26F3N3O2/c1-2-27-21(30)16-28-12-5-13-29(15-14-28)22(31)20-7-4-3-6-19(20)17-8-10-18(11-9-17)23(24,25)26/h3-4,6-11H,2,5,12-16H2,1H3,(H,27,30). The Morgan fingerprint density at radius 2 is 1.68 bits per heavy atom. The van der Waals surface area contributed by atoms with Crippen LogP contribution in [0.3, 0.4) is 0 Å². The zero-order chi connectivity index (χ0) is 22.4. The van der Waals surface area contributed by atoms with Gasteiger partial charge >= 0.3 is 6.18 Å². The lowest BCUT2D eigenvalue weighted by atomic mass is 9.97. The summed E-state index contributed by atoms with van der Waals surface area (Å²) in [6, 6.07) is 11.8. The molecule has 1 aliphatic rings. The number of nitrogens with zero attached hydrogens (tertiary/aromatic N) is 2. The summed E-state index contributed by atoms with van der Waals surface area (Å²) in [5.74, 6) is -0.190. The first-order valence-corrected chi connectivity index (χ1v) is 10.3. The molecule has 0 atom stereocenters. The third-order valence-corrected chi connectivity index (χ3v) is 5.30. The Kier molecular flexibility index (Phi) is 7.33. The van der Waals surface area contributed by atoms with E-state index in [1.165, 1.54) is 12.1 Å². The molecule has 2 amide bonds. The highest BCUT2D eigenvalue weighted by Gasteiger charge is 2.30. The predicted molar refractivity (Wildman–Crippen MR) is 113 cm³/mol. The zero-order valence-corrected chi connectivity index (χ0v) is 17.4. The van der Waals surface area contributed by atoms with Crippen LogP contribution in [0.2, 0.25) is 0 Å². The van der Waals surface area contributed by atoms with E-state index >= 15 is 0 Å². The largest absolute Gasteiger partial charge is 0.416 e. The summed E-state index contributed by atoms with van der Waals surface area (Å²) in [5, 5.41) is 2.78. The average molecular weight is 433 g/mol. The molecule has 1 aliphatic heterocycles. The van der Waals surface area contributed by atoms with Crippen molar-refractivity contribution in [1.29, 1.82) is 0 Å². The summed E-state index contributed by atoms with van der Waals surface area (Å²) in [7, 11) is 0. The molecule has 3 rings (SSSR count). The Morgan fingerprint density at radius 1 is 0.968 bits per heavy atom. The number of hydrogen-bond acceptors (Lipinski definition) is 3. The average Bonchev–Trinajstić information content (AvgIpc) is 2.98. The smallest absolute Gasteiger partial charge is 0.355 e. The first kappa shape index (κ1) is 22.8. The maximum absolute atomic E-state index is 13.3. The molecule has 1 heterocycles. The fraction of sp³-hybridized carbons (Fsp3) is 0.391. The molecule has 1 fully saturated rings. The van der Waals surface area contributed by atoms with Gasteiger partial charge < -0.3 is 10.2 Å². The monoisotopic (exact) mass is 433 g/mol. The second kappa shape index (κ2) is 9.96. The van der Waals surface area contributed by atoms with Gasteiger partial charge in [-0.05, 0) is 42.7 Å². The quantitative estimate of drug-likeness (QED) is 0.783. The van der Waals surface area contributed by atoms with Gasteiger partial charge in [0.15, 0.2) is 0 Å². The maximum Gasteiger partial charge on any atom is 0.416 e. The number of amides is 2. The first-order valence-electron chi connectivity index (χ1n) is 10.3. The third kappa shape index (κ3) is 5.85. The van der Waals surface area contributed by atoms with E-state index < -0.39 is 11.7 Å². The Bertz CT molecular complexity index is 913. The Labute approximate surface area is 179 Å². The molecule has 2 aromatic rings. The first-order chi connectivity index (χ1) is 14.8. The minimum Gasteiger partial charge on any atom is -0.355 e. The minimum absolute atomic E-state index is 0.0325. The molecule has 0 radical (unpaired) electrons. The van der Waals surface area contributed by atoms with Crippen molar-refractivity contribution in [1.82, 2.24) is 15.1 Å². The molecule has 0 bridgehead atoms. The molecule has 1 saturated heterocycles. The lowest BCUT2D eigenvalue weighted by Gasteiger charge is -2.23. The van der Waals surface area contributed by atoms with E-state index in [9.17, 15) is 22.8 Å². The van der Waals surface area contributed by atoms with Crippen molar-refractivity contribution in [3.05, 3.63) is 59.7 Å². The Balaban J connectivity index is 1.75. The van der Waals surface area contributed by atoms with Crippen molar-refractivity contribution in [2.24, 2.45) is 0 Å². The lowest BCUT2D eigenvalue weighted by Crippen LogP contribution is -2.40. The molecular weight excluding hydrogens is 407 g/mol. The summed E-state index contributed by atoms with van der Waals surface area (Å²) in [5.41, 5.74) is 0.897. The summed E-state index contributed by atoms with van der Waals surface area (Å²) in [6.45, 7) is 5.11. The number of carbonyl (C=O) groups excluding carboxylic acids is 2. The number of likely N-dealkylation sites (N-methyl/N-ethyl adjacent to an activating group) is 1. The van der Waals surface area contributed by atoms with Gasteiger partial charge in [0.1, 0.15) is 0 Å². The summed E-state index contributed by atoms with van der Waals surface area (Å²) >= 11 is 0. The molecule has 8 heteroatoms. The van der Waals surface area contributed by atoms with Crippen molar-refractivity contribution in [2.45, 2.75) is 19.5 Å². The van der Waals surface area contributed by atoms with Crippen molar-refractivity contribution in [3.8, 4) is 11.1 Å². The number of halogens is 3. The van der Waals surface area contributed by atoms with Crippen LogP contribution in [-0.4, -0.2) is 60.9 Å². The van der Waals surface area contributed by atoms with Gasteiger partial charge in [-0.2, -0.15) is 13.2 Å². The number of nitrogens with one attached hydrogen (secondary N) is 1. The molecule has 0 spiro atoms. The van der Waals surface area contributed by atoms with Crippen LogP contribution in [0.5, 0.6) is 0 Å². The molecular formula is C23H26F3N3O2. The Morgan fingerprint density at radius 3 is 2.35 bits per heavy atom. The second-order valence-electron chi connectivity index (χ2n) is 7.50. The van der Waals surface area contributed by atoms with E-state index in [2.05, 4.69) is 5.32 Å². The van der Waals surface area contributed by atoms with Gasteiger partial charge in [-0.15, -0.1) is 0 Å². The number of carbonyl (C=O) groups is 2. The predicted octanol–water partition coefficient (Wildman–Crippen LogP) is 3.66. The Hall–Kier alpha value is -2.87. The van der Waals surface area contributed by atoms with Crippen LogP contribution in [0.25, 0.3) is 11.1 Å². The van der Waals surface area contributed by atoms with Gasteiger partial charge in [-0.3, -0.25) is 14.5 Å². The number of alkyl halides is 3. The van der Waals surface area contributed by atoms with Crippen LogP contribution in [0.15, 0.2) is 48.5 Å². The van der Waals surface area contributed by atoms with E-state index in [0.717, 1.165) is 25.1 Å². The van der Waals surface area contributed by atoms with E-state index in [0.29, 0.717) is 49.4 Å². The van der Waals surface area contributed by atoms with Crippen molar-refractivity contribution >= 4 is 11.8 Å². The minimum atomic E-state index is -4.40. The highest BCUT2D eigenvalue weighted by atomic mass is 19.4.